The van der Waals surface area contributed by atoms with Gasteiger partial charge in [-0.2, -0.15) is 4.98 Å². The molecule has 1 aromatic heterocycles. The first kappa shape index (κ1) is 17.8. The van der Waals surface area contributed by atoms with Crippen LogP contribution in [0.3, 0.4) is 0 Å². The molecule has 0 bridgehead atoms. The van der Waals surface area contributed by atoms with Gasteiger partial charge in [0.15, 0.2) is 0 Å². The second-order valence-corrected chi connectivity index (χ2v) is 6.14. The van der Waals surface area contributed by atoms with Gasteiger partial charge >= 0.3 is 0 Å². The Balaban J connectivity index is 1.68. The van der Waals surface area contributed by atoms with Crippen LogP contribution >= 0.6 is 0 Å². The van der Waals surface area contributed by atoms with E-state index in [0.29, 0.717) is 18.3 Å². The fraction of sp³-hybridized carbons (Fsp3) is 0.300. The van der Waals surface area contributed by atoms with E-state index < -0.39 is 0 Å². The normalized spacial score (nSPS) is 10.8. The fourth-order valence-electron chi connectivity index (χ4n) is 2.40. The van der Waals surface area contributed by atoms with Gasteiger partial charge in [-0.05, 0) is 42.0 Å². The predicted octanol–water partition coefficient (Wildman–Crippen LogP) is 4.46. The lowest BCUT2D eigenvalue weighted by molar-refractivity contribution is 0.304. The van der Waals surface area contributed by atoms with Crippen LogP contribution in [0.2, 0.25) is 0 Å². The maximum atomic E-state index is 5.85. The monoisotopic (exact) mass is 354 g/mol. The number of benzene rings is 2. The molecule has 0 atom stereocenters. The van der Waals surface area contributed by atoms with E-state index >= 15 is 0 Å². The average Bonchev–Trinajstić information content (AvgIpc) is 3.17. The highest BCUT2D eigenvalue weighted by atomic mass is 16.5. The van der Waals surface area contributed by atoms with Crippen LogP contribution in [0.5, 0.6) is 17.2 Å². The van der Waals surface area contributed by atoms with Gasteiger partial charge in [-0.15, -0.1) is 0 Å². The van der Waals surface area contributed by atoms with Crippen molar-refractivity contribution >= 4 is 0 Å². The quantitative estimate of drug-likeness (QED) is 0.624. The largest absolute Gasteiger partial charge is 0.497 e. The van der Waals surface area contributed by atoms with Crippen molar-refractivity contribution in [1.82, 2.24) is 10.1 Å². The minimum absolute atomic E-state index is 0.207. The van der Waals surface area contributed by atoms with Crippen LogP contribution in [-0.4, -0.2) is 24.4 Å². The first-order chi connectivity index (χ1) is 12.6. The lowest BCUT2D eigenvalue weighted by atomic mass is 10.2. The fourth-order valence-corrected chi connectivity index (χ4v) is 2.40. The summed E-state index contributed by atoms with van der Waals surface area (Å²) < 4.78 is 21.6. The Hall–Kier alpha value is -3.02. The number of hydrogen-bond donors (Lipinski definition) is 0. The predicted molar refractivity (Wildman–Crippen MR) is 97.7 cm³/mol. The summed E-state index contributed by atoms with van der Waals surface area (Å²) in [6.07, 6.45) is 0. The molecule has 0 saturated heterocycles. The van der Waals surface area contributed by atoms with Crippen molar-refractivity contribution in [3.63, 3.8) is 0 Å². The molecule has 0 aliphatic rings. The molecular formula is C20H22N2O4. The van der Waals surface area contributed by atoms with Gasteiger partial charge in [0.25, 0.3) is 0 Å². The zero-order valence-electron chi connectivity index (χ0n) is 15.4. The van der Waals surface area contributed by atoms with Crippen molar-refractivity contribution in [3.8, 4) is 28.6 Å². The molecule has 0 spiro atoms. The Morgan fingerprint density at radius 3 is 2.12 bits per heavy atom. The van der Waals surface area contributed by atoms with E-state index in [0.717, 1.165) is 28.4 Å². The summed E-state index contributed by atoms with van der Waals surface area (Å²) in [6.45, 7) is 4.44. The molecule has 2 aromatic carbocycles. The minimum atomic E-state index is 0.207. The second kappa shape index (κ2) is 7.91. The van der Waals surface area contributed by atoms with Crippen LogP contribution in [0.15, 0.2) is 47.0 Å². The van der Waals surface area contributed by atoms with Gasteiger partial charge in [0.2, 0.25) is 11.7 Å². The van der Waals surface area contributed by atoms with E-state index in [1.807, 2.05) is 56.3 Å². The SMILES string of the molecule is COc1cc(COc2ccc(-c3noc(C(C)C)n3)cc2)cc(OC)c1. The molecule has 6 nitrogen and oxygen atoms in total. The zero-order valence-corrected chi connectivity index (χ0v) is 15.4. The molecule has 0 amide bonds. The molecule has 0 fully saturated rings. The number of hydrogen-bond acceptors (Lipinski definition) is 6. The number of methoxy groups -OCH3 is 2. The van der Waals surface area contributed by atoms with Crippen LogP contribution < -0.4 is 14.2 Å². The molecular weight excluding hydrogens is 332 g/mol. The van der Waals surface area contributed by atoms with Crippen LogP contribution in [-0.2, 0) is 6.61 Å². The van der Waals surface area contributed by atoms with Crippen LogP contribution in [0.25, 0.3) is 11.4 Å². The molecule has 6 heteroatoms. The summed E-state index contributed by atoms with van der Waals surface area (Å²) >= 11 is 0. The van der Waals surface area contributed by atoms with Crippen molar-refractivity contribution in [2.45, 2.75) is 26.4 Å². The third kappa shape index (κ3) is 4.14. The lowest BCUT2D eigenvalue weighted by Gasteiger charge is -2.10. The Morgan fingerprint density at radius 2 is 1.58 bits per heavy atom. The van der Waals surface area contributed by atoms with Crippen LogP contribution in [0, 0.1) is 0 Å². The van der Waals surface area contributed by atoms with Crippen molar-refractivity contribution in [1.29, 1.82) is 0 Å². The average molecular weight is 354 g/mol. The molecule has 136 valence electrons. The summed E-state index contributed by atoms with van der Waals surface area (Å²) in [5.41, 5.74) is 1.85. The summed E-state index contributed by atoms with van der Waals surface area (Å²) in [5.74, 6) is 3.64. The third-order valence-electron chi connectivity index (χ3n) is 3.86. The molecule has 0 N–H and O–H groups in total. The van der Waals surface area contributed by atoms with Crippen LogP contribution in [0.1, 0.15) is 31.2 Å². The standard InChI is InChI=1S/C20H22N2O4/c1-13(2)20-21-19(22-26-20)15-5-7-16(8-6-15)25-12-14-9-17(23-3)11-18(10-14)24-4/h5-11,13H,12H2,1-4H3. The van der Waals surface area contributed by atoms with Crippen molar-refractivity contribution in [2.75, 3.05) is 14.2 Å². The summed E-state index contributed by atoms with van der Waals surface area (Å²) in [7, 11) is 3.25. The second-order valence-electron chi connectivity index (χ2n) is 6.14. The highest BCUT2D eigenvalue weighted by Gasteiger charge is 2.11. The molecule has 1 heterocycles. The first-order valence-electron chi connectivity index (χ1n) is 8.38. The van der Waals surface area contributed by atoms with Gasteiger partial charge in [0.05, 0.1) is 14.2 Å². The minimum Gasteiger partial charge on any atom is -0.497 e. The summed E-state index contributed by atoms with van der Waals surface area (Å²) in [6, 6.07) is 13.3. The van der Waals surface area contributed by atoms with Gasteiger partial charge in [0.1, 0.15) is 23.9 Å². The van der Waals surface area contributed by atoms with Gasteiger partial charge in [-0.25, -0.2) is 0 Å². The Bertz CT molecular complexity index is 834. The van der Waals surface area contributed by atoms with Gasteiger partial charge in [-0.3, -0.25) is 0 Å². The van der Waals surface area contributed by atoms with Gasteiger partial charge < -0.3 is 18.7 Å². The van der Waals surface area contributed by atoms with E-state index in [-0.39, 0.29) is 5.92 Å². The van der Waals surface area contributed by atoms with Crippen LogP contribution in [0.4, 0.5) is 0 Å². The van der Waals surface area contributed by atoms with Crippen molar-refractivity contribution in [2.24, 2.45) is 0 Å². The maximum absolute atomic E-state index is 5.85. The molecule has 0 radical (unpaired) electrons. The van der Waals surface area contributed by atoms with Gasteiger partial charge in [0, 0.05) is 17.5 Å². The lowest BCUT2D eigenvalue weighted by Crippen LogP contribution is -1.97. The Labute approximate surface area is 152 Å². The smallest absolute Gasteiger partial charge is 0.229 e. The highest BCUT2D eigenvalue weighted by Crippen LogP contribution is 2.25. The zero-order chi connectivity index (χ0) is 18.5. The third-order valence-corrected chi connectivity index (χ3v) is 3.86. The van der Waals surface area contributed by atoms with E-state index in [1.54, 1.807) is 14.2 Å². The number of nitrogens with zero attached hydrogens (tertiary/aromatic N) is 2. The molecule has 0 aliphatic heterocycles. The topological polar surface area (TPSA) is 66.6 Å². The first-order valence-corrected chi connectivity index (χ1v) is 8.38. The number of ether oxygens (including phenoxy) is 3. The van der Waals surface area contributed by atoms with E-state index in [1.165, 1.54) is 0 Å². The molecule has 0 saturated carbocycles. The van der Waals surface area contributed by atoms with Gasteiger partial charge in [-0.1, -0.05) is 19.0 Å². The Kier molecular flexibility index (Phi) is 5.41. The molecule has 26 heavy (non-hydrogen) atoms. The van der Waals surface area contributed by atoms with E-state index in [4.69, 9.17) is 18.7 Å². The maximum Gasteiger partial charge on any atom is 0.229 e. The highest BCUT2D eigenvalue weighted by molar-refractivity contribution is 5.55. The number of rotatable bonds is 7. The molecule has 3 rings (SSSR count). The molecule has 3 aromatic rings. The molecule has 0 unspecified atom stereocenters. The number of aromatic nitrogens is 2. The Morgan fingerprint density at radius 1 is 0.923 bits per heavy atom. The summed E-state index contributed by atoms with van der Waals surface area (Å²) in [4.78, 5) is 4.40. The van der Waals surface area contributed by atoms with Crippen molar-refractivity contribution in [3.05, 3.63) is 53.9 Å². The van der Waals surface area contributed by atoms with E-state index in [9.17, 15) is 0 Å². The molecule has 0 aliphatic carbocycles. The van der Waals surface area contributed by atoms with Crippen molar-refractivity contribution < 1.29 is 18.7 Å². The summed E-state index contributed by atoms with van der Waals surface area (Å²) in [5, 5.41) is 4.01. The van der Waals surface area contributed by atoms with E-state index in [2.05, 4.69) is 10.1 Å².